The highest BCUT2D eigenvalue weighted by Gasteiger charge is 2.05. The zero-order chi connectivity index (χ0) is 20.0. The van der Waals surface area contributed by atoms with Crippen molar-refractivity contribution >= 4 is 37.6 Å². The van der Waals surface area contributed by atoms with E-state index in [9.17, 15) is 19.2 Å². The van der Waals surface area contributed by atoms with Crippen LogP contribution in [0.5, 0.6) is 0 Å². The fourth-order valence-electron chi connectivity index (χ4n) is 2.61. The molecule has 0 saturated heterocycles. The predicted molar refractivity (Wildman–Crippen MR) is 109 cm³/mol. The molecule has 0 saturated carbocycles. The Hall–Kier alpha value is -1.98. The van der Waals surface area contributed by atoms with Crippen LogP contribution in [0.3, 0.4) is 0 Å². The SMILES string of the molecule is O=CCC(C=O)CCCCN=CCCCC=NCCCCC(C=O)CC=O. The fourth-order valence-corrected chi connectivity index (χ4v) is 2.61. The molecule has 0 N–H and O–H groups in total. The Labute approximate surface area is 162 Å². The van der Waals surface area contributed by atoms with Gasteiger partial charge in [0, 0.05) is 37.8 Å². The first kappa shape index (κ1) is 25.0. The first-order valence-electron chi connectivity index (χ1n) is 10.0. The molecule has 0 amide bonds. The molecule has 0 rings (SSSR count). The largest absolute Gasteiger partial charge is 0.303 e. The van der Waals surface area contributed by atoms with Crippen LogP contribution in [0, 0.1) is 11.8 Å². The van der Waals surface area contributed by atoms with Crippen LogP contribution in [-0.2, 0) is 19.2 Å². The Kier molecular flexibility index (Phi) is 18.8. The molecule has 2 unspecified atom stereocenters. The monoisotopic (exact) mass is 378 g/mol. The molecule has 0 aromatic carbocycles. The lowest BCUT2D eigenvalue weighted by molar-refractivity contribution is -0.115. The summed E-state index contributed by atoms with van der Waals surface area (Å²) in [7, 11) is 0. The Bertz CT molecular complexity index is 409. The van der Waals surface area contributed by atoms with E-state index in [2.05, 4.69) is 9.98 Å². The minimum absolute atomic E-state index is 0.131. The normalized spacial score (nSPS) is 13.6. The quantitative estimate of drug-likeness (QED) is 0.184. The molecule has 0 spiro atoms. The number of carbonyl (C=O) groups excluding carboxylic acids is 4. The summed E-state index contributed by atoms with van der Waals surface area (Å²) in [5, 5.41) is 0. The zero-order valence-electron chi connectivity index (χ0n) is 16.3. The maximum atomic E-state index is 10.7. The van der Waals surface area contributed by atoms with Crippen LogP contribution in [0.4, 0.5) is 0 Å². The maximum absolute atomic E-state index is 10.7. The maximum Gasteiger partial charge on any atom is 0.123 e. The summed E-state index contributed by atoms with van der Waals surface area (Å²) in [6.45, 7) is 1.54. The summed E-state index contributed by atoms with van der Waals surface area (Å²) in [6.07, 6.45) is 16.0. The minimum Gasteiger partial charge on any atom is -0.303 e. The molecule has 2 atom stereocenters. The van der Waals surface area contributed by atoms with Crippen molar-refractivity contribution in [1.29, 1.82) is 0 Å². The molecule has 0 heterocycles. The number of aldehydes is 4. The van der Waals surface area contributed by atoms with Gasteiger partial charge in [-0.1, -0.05) is 12.8 Å². The molecule has 0 aromatic rings. The predicted octanol–water partition coefficient (Wildman–Crippen LogP) is 3.45. The summed E-state index contributed by atoms with van der Waals surface area (Å²) in [5.74, 6) is -0.262. The molecule has 152 valence electrons. The number of carbonyl (C=O) groups is 4. The summed E-state index contributed by atoms with van der Waals surface area (Å²) >= 11 is 0. The van der Waals surface area contributed by atoms with Gasteiger partial charge in [0.1, 0.15) is 25.1 Å². The van der Waals surface area contributed by atoms with Gasteiger partial charge in [0.25, 0.3) is 0 Å². The van der Waals surface area contributed by atoms with E-state index in [1.165, 1.54) is 0 Å². The molecular weight excluding hydrogens is 344 g/mol. The van der Waals surface area contributed by atoms with Gasteiger partial charge < -0.3 is 19.2 Å². The molecule has 0 aliphatic carbocycles. The molecule has 0 aromatic heterocycles. The van der Waals surface area contributed by atoms with E-state index in [0.717, 1.165) is 96.0 Å². The number of nitrogens with zero attached hydrogens (tertiary/aromatic N) is 2. The van der Waals surface area contributed by atoms with E-state index < -0.39 is 0 Å². The third-order valence-corrected chi connectivity index (χ3v) is 4.33. The van der Waals surface area contributed by atoms with Crippen LogP contribution in [0.1, 0.15) is 70.6 Å². The van der Waals surface area contributed by atoms with Crippen molar-refractivity contribution in [3.05, 3.63) is 0 Å². The fraction of sp³-hybridized carbons (Fsp3) is 0.714. The van der Waals surface area contributed by atoms with Crippen molar-refractivity contribution < 1.29 is 19.2 Å². The lowest BCUT2D eigenvalue weighted by Gasteiger charge is -2.04. The van der Waals surface area contributed by atoms with Gasteiger partial charge in [0.2, 0.25) is 0 Å². The molecule has 0 aliphatic heterocycles. The van der Waals surface area contributed by atoms with Gasteiger partial charge in [-0.05, 0) is 57.4 Å². The standard InChI is InChI=1S/C21H34N2O4/c24-16-10-20(18-26)8-2-6-14-22-12-4-1-5-13-23-15-7-3-9-21(19-27)11-17-25/h12-13,16-21H,1-11,14-15H2. The van der Waals surface area contributed by atoms with E-state index in [4.69, 9.17) is 0 Å². The first-order valence-corrected chi connectivity index (χ1v) is 10.0. The van der Waals surface area contributed by atoms with Crippen molar-refractivity contribution in [3.63, 3.8) is 0 Å². The molecule has 0 aliphatic rings. The first-order chi connectivity index (χ1) is 13.3. The summed E-state index contributed by atoms with van der Waals surface area (Å²) in [4.78, 5) is 50.8. The highest BCUT2D eigenvalue weighted by Crippen LogP contribution is 2.09. The Morgan fingerprint density at radius 1 is 0.593 bits per heavy atom. The van der Waals surface area contributed by atoms with Crippen molar-refractivity contribution in [1.82, 2.24) is 0 Å². The van der Waals surface area contributed by atoms with Crippen LogP contribution in [0.25, 0.3) is 0 Å². The van der Waals surface area contributed by atoms with Gasteiger partial charge >= 0.3 is 0 Å². The number of unbranched alkanes of at least 4 members (excludes halogenated alkanes) is 4. The van der Waals surface area contributed by atoms with E-state index in [1.807, 2.05) is 12.4 Å². The molecule has 0 fully saturated rings. The van der Waals surface area contributed by atoms with Crippen LogP contribution < -0.4 is 0 Å². The van der Waals surface area contributed by atoms with E-state index in [-0.39, 0.29) is 11.8 Å². The second kappa shape index (κ2) is 20.3. The average Bonchev–Trinajstić information content (AvgIpc) is 2.69. The van der Waals surface area contributed by atoms with E-state index in [0.29, 0.717) is 12.8 Å². The Balaban J connectivity index is 3.44. The van der Waals surface area contributed by atoms with Crippen molar-refractivity contribution in [2.75, 3.05) is 13.1 Å². The smallest absolute Gasteiger partial charge is 0.123 e. The highest BCUT2D eigenvalue weighted by molar-refractivity contribution is 5.62. The summed E-state index contributed by atoms with van der Waals surface area (Å²) < 4.78 is 0. The summed E-state index contributed by atoms with van der Waals surface area (Å²) in [6, 6.07) is 0. The molecule has 6 heteroatoms. The van der Waals surface area contributed by atoms with Gasteiger partial charge in [-0.15, -0.1) is 0 Å². The van der Waals surface area contributed by atoms with Gasteiger partial charge in [-0.25, -0.2) is 0 Å². The Morgan fingerprint density at radius 2 is 1.04 bits per heavy atom. The molecule has 6 nitrogen and oxygen atoms in total. The van der Waals surface area contributed by atoms with Gasteiger partial charge in [-0.2, -0.15) is 0 Å². The van der Waals surface area contributed by atoms with Crippen LogP contribution in [0.2, 0.25) is 0 Å². The van der Waals surface area contributed by atoms with Crippen LogP contribution in [0.15, 0.2) is 9.98 Å². The molecule has 0 bridgehead atoms. The molecular formula is C21H34N2O4. The third kappa shape index (κ3) is 17.2. The number of hydrogen-bond donors (Lipinski definition) is 0. The van der Waals surface area contributed by atoms with Gasteiger partial charge in [0.05, 0.1) is 0 Å². The third-order valence-electron chi connectivity index (χ3n) is 4.33. The lowest BCUT2D eigenvalue weighted by Crippen LogP contribution is -2.02. The number of hydrogen-bond acceptors (Lipinski definition) is 6. The highest BCUT2D eigenvalue weighted by atomic mass is 16.1. The van der Waals surface area contributed by atoms with E-state index >= 15 is 0 Å². The van der Waals surface area contributed by atoms with E-state index in [1.54, 1.807) is 0 Å². The molecule has 0 radical (unpaired) electrons. The molecule has 27 heavy (non-hydrogen) atoms. The second-order valence-corrected chi connectivity index (χ2v) is 6.70. The summed E-state index contributed by atoms with van der Waals surface area (Å²) in [5.41, 5.74) is 0. The Morgan fingerprint density at radius 3 is 1.41 bits per heavy atom. The van der Waals surface area contributed by atoms with Crippen LogP contribution in [-0.4, -0.2) is 50.7 Å². The second-order valence-electron chi connectivity index (χ2n) is 6.70. The van der Waals surface area contributed by atoms with Crippen LogP contribution >= 0.6 is 0 Å². The van der Waals surface area contributed by atoms with Crippen molar-refractivity contribution in [3.8, 4) is 0 Å². The zero-order valence-corrected chi connectivity index (χ0v) is 16.3. The van der Waals surface area contributed by atoms with Crippen molar-refractivity contribution in [2.45, 2.75) is 70.6 Å². The average molecular weight is 379 g/mol. The minimum atomic E-state index is -0.131. The number of aliphatic imine (C=N–C) groups is 2. The van der Waals surface area contributed by atoms with Gasteiger partial charge in [0.15, 0.2) is 0 Å². The topological polar surface area (TPSA) is 93.0 Å². The van der Waals surface area contributed by atoms with Gasteiger partial charge in [-0.3, -0.25) is 9.98 Å². The lowest BCUT2D eigenvalue weighted by atomic mass is 10.0. The number of rotatable bonds is 20. The van der Waals surface area contributed by atoms with Crippen molar-refractivity contribution in [2.24, 2.45) is 21.8 Å².